The Labute approximate surface area is 199 Å². The van der Waals surface area contributed by atoms with Crippen molar-refractivity contribution in [3.8, 4) is 5.88 Å². The lowest BCUT2D eigenvalue weighted by Gasteiger charge is -2.45. The number of likely N-dealkylation sites (N-methyl/N-ethyl adjacent to an activating group) is 1. The van der Waals surface area contributed by atoms with Gasteiger partial charge in [0.25, 0.3) is 0 Å². The second kappa shape index (κ2) is 9.83. The molecular formula is C23H30Cl2N6O. The van der Waals surface area contributed by atoms with Crippen LogP contribution >= 0.6 is 23.2 Å². The van der Waals surface area contributed by atoms with Crippen LogP contribution in [0.1, 0.15) is 18.4 Å². The van der Waals surface area contributed by atoms with E-state index in [0.29, 0.717) is 29.1 Å². The fourth-order valence-corrected chi connectivity index (χ4v) is 4.32. The molecule has 0 bridgehead atoms. The largest absolute Gasteiger partial charge is 0.476 e. The van der Waals surface area contributed by atoms with E-state index in [1.165, 1.54) is 0 Å². The first-order chi connectivity index (χ1) is 15.3. The summed E-state index contributed by atoms with van der Waals surface area (Å²) in [5.74, 6) is 1.57. The number of hydrogen-bond acceptors (Lipinski definition) is 7. The smallest absolute Gasteiger partial charge is 0.213 e. The number of likely N-dealkylation sites (tertiary alicyclic amines) is 1. The number of fused-ring (bicyclic) bond motifs is 1. The van der Waals surface area contributed by atoms with Gasteiger partial charge in [0.1, 0.15) is 12.4 Å². The van der Waals surface area contributed by atoms with Crippen LogP contribution in [0.4, 0.5) is 11.4 Å². The summed E-state index contributed by atoms with van der Waals surface area (Å²) in [6.45, 7) is 4.05. The molecule has 0 atom stereocenters. The number of hydrogen-bond donors (Lipinski definition) is 2. The number of halogens is 2. The Hall–Kier alpha value is -2.06. The van der Waals surface area contributed by atoms with Crippen LogP contribution in [0.15, 0.2) is 35.5 Å². The Morgan fingerprint density at radius 1 is 1.19 bits per heavy atom. The predicted molar refractivity (Wildman–Crippen MR) is 132 cm³/mol. The van der Waals surface area contributed by atoms with Crippen molar-refractivity contribution < 1.29 is 4.74 Å². The van der Waals surface area contributed by atoms with Crippen LogP contribution < -0.4 is 15.4 Å². The molecule has 172 valence electrons. The maximum absolute atomic E-state index is 6.28. The summed E-state index contributed by atoms with van der Waals surface area (Å²) in [6.07, 6.45) is 3.68. The third-order valence-corrected chi connectivity index (χ3v) is 6.71. The van der Waals surface area contributed by atoms with Gasteiger partial charge in [0.2, 0.25) is 5.88 Å². The highest BCUT2D eigenvalue weighted by atomic mass is 35.5. The summed E-state index contributed by atoms with van der Waals surface area (Å²) < 4.78 is 5.79. The van der Waals surface area contributed by atoms with E-state index in [1.807, 2.05) is 38.4 Å². The van der Waals surface area contributed by atoms with E-state index < -0.39 is 0 Å². The molecule has 4 rings (SSSR count). The maximum atomic E-state index is 6.28. The maximum Gasteiger partial charge on any atom is 0.213 e. The third kappa shape index (κ3) is 5.29. The first-order valence-corrected chi connectivity index (χ1v) is 11.6. The van der Waals surface area contributed by atoms with E-state index in [1.54, 1.807) is 6.20 Å². The van der Waals surface area contributed by atoms with Gasteiger partial charge in [0.15, 0.2) is 0 Å². The van der Waals surface area contributed by atoms with Crippen LogP contribution in [-0.4, -0.2) is 73.5 Å². The molecule has 9 heteroatoms. The monoisotopic (exact) mass is 476 g/mol. The van der Waals surface area contributed by atoms with Crippen molar-refractivity contribution in [2.75, 3.05) is 52.7 Å². The Balaban J connectivity index is 1.53. The Morgan fingerprint density at radius 2 is 1.94 bits per heavy atom. The molecule has 1 saturated heterocycles. The fraction of sp³-hybridized carbons (Fsp3) is 0.478. The number of nitrogens with zero attached hydrogens (tertiary/aromatic N) is 4. The number of nitrogens with one attached hydrogen (secondary N) is 2. The van der Waals surface area contributed by atoms with Crippen molar-refractivity contribution in [1.29, 1.82) is 0 Å². The fourth-order valence-electron chi connectivity index (χ4n) is 4.00. The van der Waals surface area contributed by atoms with E-state index >= 15 is 0 Å². The van der Waals surface area contributed by atoms with Gasteiger partial charge in [-0.3, -0.25) is 0 Å². The van der Waals surface area contributed by atoms with Crippen molar-refractivity contribution in [3.05, 3.63) is 46.1 Å². The van der Waals surface area contributed by atoms with Crippen LogP contribution in [0.5, 0.6) is 5.88 Å². The standard InChI is InChI=1S/C23H30Cl2N6O/c1-30(2)10-11-32-21-12-16(4-7-26-21)15-27-22-23(5-8-31(3)9-6-23)29-20-14-18(25)17(24)13-19(20)28-22/h4,7,12-14,29H,5-6,8-11,15H2,1-3H3,(H,27,28). The number of piperidine rings is 1. The number of pyridine rings is 1. The summed E-state index contributed by atoms with van der Waals surface area (Å²) in [5.41, 5.74) is 2.56. The molecule has 2 aliphatic heterocycles. The second-order valence-electron chi connectivity index (χ2n) is 8.76. The first kappa shape index (κ1) is 23.1. The molecular weight excluding hydrogens is 447 g/mol. The molecule has 2 aromatic rings. The van der Waals surface area contributed by atoms with Crippen molar-refractivity contribution in [2.24, 2.45) is 4.99 Å². The van der Waals surface area contributed by atoms with Gasteiger partial charge < -0.3 is 25.2 Å². The zero-order valence-electron chi connectivity index (χ0n) is 18.8. The third-order valence-electron chi connectivity index (χ3n) is 5.99. The zero-order chi connectivity index (χ0) is 22.7. The number of benzene rings is 1. The number of amidine groups is 1. The van der Waals surface area contributed by atoms with Crippen molar-refractivity contribution in [2.45, 2.75) is 24.9 Å². The molecule has 3 heterocycles. The number of ether oxygens (including phenoxy) is 1. The molecule has 1 aromatic carbocycles. The molecule has 0 unspecified atom stereocenters. The second-order valence-corrected chi connectivity index (χ2v) is 9.58. The number of aromatic nitrogens is 1. The molecule has 2 N–H and O–H groups in total. The average Bonchev–Trinajstić information content (AvgIpc) is 2.76. The van der Waals surface area contributed by atoms with Crippen molar-refractivity contribution in [1.82, 2.24) is 20.1 Å². The molecule has 7 nitrogen and oxygen atoms in total. The Bertz CT molecular complexity index is 988. The molecule has 2 aliphatic rings. The Kier molecular flexibility index (Phi) is 7.10. The molecule has 0 radical (unpaired) electrons. The first-order valence-electron chi connectivity index (χ1n) is 10.9. The van der Waals surface area contributed by atoms with Gasteiger partial charge in [-0.15, -0.1) is 0 Å². The minimum atomic E-state index is -0.255. The SMILES string of the molecule is CN(C)CCOc1cc(CNC2=Nc3cc(Cl)c(Cl)cc3NC23CCN(C)CC3)ccn1. The highest BCUT2D eigenvalue weighted by molar-refractivity contribution is 6.42. The predicted octanol–water partition coefficient (Wildman–Crippen LogP) is 4.04. The molecule has 0 saturated carbocycles. The molecule has 0 aliphatic carbocycles. The van der Waals surface area contributed by atoms with Crippen molar-refractivity contribution in [3.63, 3.8) is 0 Å². The van der Waals surface area contributed by atoms with Crippen LogP contribution in [-0.2, 0) is 6.54 Å². The minimum absolute atomic E-state index is 0.255. The van der Waals surface area contributed by atoms with Gasteiger partial charge in [0.05, 0.1) is 27.0 Å². The number of rotatable bonds is 6. The van der Waals surface area contributed by atoms with Gasteiger partial charge in [-0.05, 0) is 57.7 Å². The van der Waals surface area contributed by atoms with Gasteiger partial charge in [0, 0.05) is 38.4 Å². The van der Waals surface area contributed by atoms with Gasteiger partial charge in [-0.1, -0.05) is 23.2 Å². The lowest BCUT2D eigenvalue weighted by atomic mass is 9.84. The van der Waals surface area contributed by atoms with Crippen LogP contribution in [0, 0.1) is 0 Å². The van der Waals surface area contributed by atoms with Gasteiger partial charge in [-0.25, -0.2) is 9.98 Å². The minimum Gasteiger partial charge on any atom is -0.476 e. The van der Waals surface area contributed by atoms with E-state index in [0.717, 1.165) is 55.2 Å². The van der Waals surface area contributed by atoms with Gasteiger partial charge in [-0.2, -0.15) is 0 Å². The van der Waals surface area contributed by atoms with Crippen LogP contribution in [0.2, 0.25) is 10.0 Å². The van der Waals surface area contributed by atoms with E-state index in [2.05, 4.69) is 32.5 Å². The lowest BCUT2D eigenvalue weighted by Crippen LogP contribution is -2.58. The summed E-state index contributed by atoms with van der Waals surface area (Å²) in [6, 6.07) is 7.67. The van der Waals surface area contributed by atoms with E-state index in [9.17, 15) is 0 Å². The summed E-state index contributed by atoms with van der Waals surface area (Å²) in [5, 5.41) is 8.36. The Morgan fingerprint density at radius 3 is 2.69 bits per heavy atom. The molecule has 1 aromatic heterocycles. The quantitative estimate of drug-likeness (QED) is 0.655. The van der Waals surface area contributed by atoms with Crippen molar-refractivity contribution >= 4 is 40.4 Å². The van der Waals surface area contributed by atoms with E-state index in [-0.39, 0.29) is 5.54 Å². The molecule has 1 fully saturated rings. The summed E-state index contributed by atoms with van der Waals surface area (Å²) in [4.78, 5) is 13.7. The van der Waals surface area contributed by atoms with Crippen LogP contribution in [0.3, 0.4) is 0 Å². The molecule has 0 amide bonds. The topological polar surface area (TPSA) is 65.0 Å². The molecule has 32 heavy (non-hydrogen) atoms. The number of anilines is 1. The highest BCUT2D eigenvalue weighted by Gasteiger charge is 2.41. The lowest BCUT2D eigenvalue weighted by molar-refractivity contribution is 0.238. The summed E-state index contributed by atoms with van der Waals surface area (Å²) >= 11 is 12.5. The van der Waals surface area contributed by atoms with Gasteiger partial charge >= 0.3 is 0 Å². The zero-order valence-corrected chi connectivity index (χ0v) is 20.3. The summed E-state index contributed by atoms with van der Waals surface area (Å²) in [7, 11) is 6.20. The van der Waals surface area contributed by atoms with Crippen LogP contribution in [0.25, 0.3) is 0 Å². The van der Waals surface area contributed by atoms with E-state index in [4.69, 9.17) is 32.9 Å². The molecule has 1 spiro atoms. The average molecular weight is 477 g/mol. The number of aliphatic imine (C=N–C) groups is 1. The normalized spacial score (nSPS) is 17.6. The highest BCUT2D eigenvalue weighted by Crippen LogP contribution is 2.41.